The molecule has 0 N–H and O–H groups in total. The first-order chi connectivity index (χ1) is 28.6. The first kappa shape index (κ1) is 33.6. The molecule has 0 saturated carbocycles. The molecule has 2 heterocycles. The van der Waals surface area contributed by atoms with Gasteiger partial charge < -0.3 is 13.9 Å². The minimum Gasteiger partial charge on any atom is -0.436 e. The van der Waals surface area contributed by atoms with E-state index in [4.69, 9.17) is 9.40 Å². The molecule has 58 heavy (non-hydrogen) atoms. The van der Waals surface area contributed by atoms with Crippen LogP contribution in [0.5, 0.6) is 0 Å². The molecular formula is C54H37N3O. The van der Waals surface area contributed by atoms with Crippen LogP contribution in [0.4, 0.5) is 17.1 Å². The Bertz CT molecular complexity index is 3290. The van der Waals surface area contributed by atoms with E-state index < -0.39 is 0 Å². The maximum atomic E-state index is 6.28. The molecule has 4 heteroatoms. The van der Waals surface area contributed by atoms with Gasteiger partial charge in [0, 0.05) is 44.5 Å². The highest BCUT2D eigenvalue weighted by Gasteiger charge is 2.19. The van der Waals surface area contributed by atoms with E-state index >= 15 is 0 Å². The lowest BCUT2D eigenvalue weighted by Gasteiger charge is -2.26. The summed E-state index contributed by atoms with van der Waals surface area (Å²) in [6.07, 6.45) is 0. The molecule has 0 atom stereocenters. The van der Waals surface area contributed by atoms with Gasteiger partial charge in [-0.15, -0.1) is 0 Å². The standard InChI is InChI=1S/C54H37N3O/c1-36-12-10-16-42(32-36)54-55-53-48-34-41(23-22-39(48)26-31-52(53)58-54)38-24-27-44(28-25-38)56(45-19-11-15-40(33-45)37-13-4-2-5-14-37)46-29-30-51-49(35-46)47-20-8-9-21-50(47)57(51)43-17-6-3-7-18-43/h2-35H,1H3. The van der Waals surface area contributed by atoms with Crippen LogP contribution in [-0.2, 0) is 0 Å². The van der Waals surface area contributed by atoms with Crippen LogP contribution in [0, 0.1) is 6.92 Å². The Morgan fingerprint density at radius 1 is 0.431 bits per heavy atom. The predicted molar refractivity (Wildman–Crippen MR) is 242 cm³/mol. The number of hydrogen-bond donors (Lipinski definition) is 0. The van der Waals surface area contributed by atoms with Crippen LogP contribution >= 0.6 is 0 Å². The maximum Gasteiger partial charge on any atom is 0.227 e. The van der Waals surface area contributed by atoms with Crippen molar-refractivity contribution >= 4 is 60.7 Å². The summed E-state index contributed by atoms with van der Waals surface area (Å²) in [5.41, 5.74) is 15.2. The first-order valence-electron chi connectivity index (χ1n) is 19.7. The van der Waals surface area contributed by atoms with Crippen molar-refractivity contribution in [3.63, 3.8) is 0 Å². The minimum absolute atomic E-state index is 0.639. The highest BCUT2D eigenvalue weighted by atomic mass is 16.3. The zero-order valence-electron chi connectivity index (χ0n) is 31.9. The molecule has 0 spiro atoms. The zero-order valence-corrected chi connectivity index (χ0v) is 31.9. The van der Waals surface area contributed by atoms with Gasteiger partial charge in [-0.1, -0.05) is 127 Å². The molecular weight excluding hydrogens is 707 g/mol. The second-order valence-corrected chi connectivity index (χ2v) is 14.9. The van der Waals surface area contributed by atoms with E-state index in [1.807, 2.05) is 12.1 Å². The molecule has 0 aliphatic heterocycles. The van der Waals surface area contributed by atoms with Gasteiger partial charge in [-0.25, -0.2) is 4.98 Å². The van der Waals surface area contributed by atoms with Crippen molar-refractivity contribution in [3.8, 4) is 39.4 Å². The van der Waals surface area contributed by atoms with Gasteiger partial charge in [0.15, 0.2) is 5.58 Å². The fourth-order valence-corrected chi connectivity index (χ4v) is 8.45. The number of para-hydroxylation sites is 2. The van der Waals surface area contributed by atoms with Gasteiger partial charge in [-0.2, -0.15) is 0 Å². The number of hydrogen-bond acceptors (Lipinski definition) is 3. The van der Waals surface area contributed by atoms with Crippen LogP contribution in [0.1, 0.15) is 5.56 Å². The summed E-state index contributed by atoms with van der Waals surface area (Å²) >= 11 is 0. The number of rotatable bonds is 7. The minimum atomic E-state index is 0.639. The number of aryl methyl sites for hydroxylation is 1. The van der Waals surface area contributed by atoms with Crippen molar-refractivity contribution in [2.75, 3.05) is 4.90 Å². The third-order valence-electron chi connectivity index (χ3n) is 11.2. The van der Waals surface area contributed by atoms with Gasteiger partial charge in [0.25, 0.3) is 0 Å². The lowest BCUT2D eigenvalue weighted by Crippen LogP contribution is -2.10. The lowest BCUT2D eigenvalue weighted by atomic mass is 10.00. The lowest BCUT2D eigenvalue weighted by molar-refractivity contribution is 0.620. The smallest absolute Gasteiger partial charge is 0.227 e. The van der Waals surface area contributed by atoms with E-state index in [9.17, 15) is 0 Å². The predicted octanol–water partition coefficient (Wildman–Crippen LogP) is 14.9. The van der Waals surface area contributed by atoms with E-state index in [1.165, 1.54) is 38.5 Å². The molecule has 11 rings (SSSR count). The number of benzene rings is 9. The van der Waals surface area contributed by atoms with Gasteiger partial charge in [-0.05, 0) is 119 Å². The second kappa shape index (κ2) is 13.8. The molecule has 9 aromatic carbocycles. The van der Waals surface area contributed by atoms with Gasteiger partial charge in [0.05, 0.1) is 11.0 Å². The highest BCUT2D eigenvalue weighted by Crippen LogP contribution is 2.42. The molecule has 0 fully saturated rings. The van der Waals surface area contributed by atoms with Gasteiger partial charge in [0.1, 0.15) is 5.52 Å². The molecule has 4 nitrogen and oxygen atoms in total. The number of oxazole rings is 1. The van der Waals surface area contributed by atoms with Crippen LogP contribution in [0.25, 0.3) is 83.1 Å². The number of nitrogens with zero attached hydrogens (tertiary/aromatic N) is 3. The van der Waals surface area contributed by atoms with Crippen LogP contribution in [0.15, 0.2) is 211 Å². The zero-order chi connectivity index (χ0) is 38.6. The summed E-state index contributed by atoms with van der Waals surface area (Å²) < 4.78 is 8.65. The highest BCUT2D eigenvalue weighted by molar-refractivity contribution is 6.11. The average molecular weight is 744 g/mol. The topological polar surface area (TPSA) is 34.2 Å². The Kier molecular flexibility index (Phi) is 8.00. The van der Waals surface area contributed by atoms with Crippen molar-refractivity contribution in [1.29, 1.82) is 0 Å². The van der Waals surface area contributed by atoms with Crippen molar-refractivity contribution in [2.24, 2.45) is 0 Å². The van der Waals surface area contributed by atoms with E-state index in [1.54, 1.807) is 0 Å². The molecule has 274 valence electrons. The fourth-order valence-electron chi connectivity index (χ4n) is 8.45. The van der Waals surface area contributed by atoms with Crippen LogP contribution < -0.4 is 4.90 Å². The van der Waals surface area contributed by atoms with Crippen LogP contribution in [0.3, 0.4) is 0 Å². The summed E-state index contributed by atoms with van der Waals surface area (Å²) in [6, 6.07) is 73.6. The Morgan fingerprint density at radius 3 is 1.91 bits per heavy atom. The third-order valence-corrected chi connectivity index (χ3v) is 11.2. The maximum absolute atomic E-state index is 6.28. The Morgan fingerprint density at radius 2 is 1.07 bits per heavy atom. The van der Waals surface area contributed by atoms with Gasteiger partial charge >= 0.3 is 0 Å². The average Bonchev–Trinajstić information content (AvgIpc) is 3.88. The Balaban J connectivity index is 1.03. The molecule has 0 radical (unpaired) electrons. The molecule has 0 aliphatic rings. The number of anilines is 3. The number of fused-ring (bicyclic) bond motifs is 6. The summed E-state index contributed by atoms with van der Waals surface area (Å²) in [4.78, 5) is 7.38. The molecule has 0 amide bonds. The van der Waals surface area contributed by atoms with Crippen molar-refractivity contribution in [2.45, 2.75) is 6.92 Å². The van der Waals surface area contributed by atoms with E-state index in [2.05, 4.69) is 211 Å². The van der Waals surface area contributed by atoms with Crippen molar-refractivity contribution in [3.05, 3.63) is 212 Å². The van der Waals surface area contributed by atoms with Crippen molar-refractivity contribution in [1.82, 2.24) is 9.55 Å². The summed E-state index contributed by atoms with van der Waals surface area (Å²) in [5.74, 6) is 0.639. The summed E-state index contributed by atoms with van der Waals surface area (Å²) in [7, 11) is 0. The third kappa shape index (κ3) is 5.82. The Labute approximate surface area is 336 Å². The monoisotopic (exact) mass is 743 g/mol. The fraction of sp³-hybridized carbons (Fsp3) is 0.0185. The van der Waals surface area contributed by atoms with Crippen molar-refractivity contribution < 1.29 is 4.42 Å². The van der Waals surface area contributed by atoms with E-state index in [0.717, 1.165) is 61.3 Å². The molecule has 0 bridgehead atoms. The second-order valence-electron chi connectivity index (χ2n) is 14.9. The van der Waals surface area contributed by atoms with Gasteiger partial charge in [-0.3, -0.25) is 0 Å². The quantitative estimate of drug-likeness (QED) is 0.163. The first-order valence-corrected chi connectivity index (χ1v) is 19.7. The summed E-state index contributed by atoms with van der Waals surface area (Å²) in [6.45, 7) is 2.09. The Hall–Kier alpha value is -7.69. The summed E-state index contributed by atoms with van der Waals surface area (Å²) in [5, 5.41) is 4.63. The van der Waals surface area contributed by atoms with E-state index in [-0.39, 0.29) is 0 Å². The molecule has 2 aromatic heterocycles. The number of aromatic nitrogens is 2. The molecule has 0 unspecified atom stereocenters. The van der Waals surface area contributed by atoms with Gasteiger partial charge in [0.2, 0.25) is 5.89 Å². The van der Waals surface area contributed by atoms with E-state index in [0.29, 0.717) is 5.89 Å². The van der Waals surface area contributed by atoms with Crippen LogP contribution in [0.2, 0.25) is 0 Å². The largest absolute Gasteiger partial charge is 0.436 e. The molecule has 0 saturated heterocycles. The molecule has 0 aliphatic carbocycles. The van der Waals surface area contributed by atoms with Crippen LogP contribution in [-0.4, -0.2) is 9.55 Å². The molecule has 11 aromatic rings. The SMILES string of the molecule is Cc1cccc(-c2nc3c(ccc4ccc(-c5ccc(N(c6cccc(-c7ccccc7)c6)c6ccc7c(c6)c6ccccc6n7-c6ccccc6)cc5)cc43)o2)c1. The normalized spacial score (nSPS) is 11.5.